The maximum absolute atomic E-state index is 13.4. The third-order valence-electron chi connectivity index (χ3n) is 6.18. The van der Waals surface area contributed by atoms with Crippen LogP contribution in [0.25, 0.3) is 22.4 Å². The van der Waals surface area contributed by atoms with Crippen LogP contribution < -0.4 is 5.56 Å². The van der Waals surface area contributed by atoms with Gasteiger partial charge in [0.2, 0.25) is 0 Å². The fraction of sp³-hybridized carbons (Fsp3) is 0.346. The van der Waals surface area contributed by atoms with Crippen LogP contribution in [0, 0.1) is 17.7 Å². The highest BCUT2D eigenvalue weighted by molar-refractivity contribution is 5.80. The summed E-state index contributed by atoms with van der Waals surface area (Å²) in [6.07, 6.45) is 3.77. The number of aromatic nitrogens is 2. The van der Waals surface area contributed by atoms with E-state index in [-0.39, 0.29) is 18.0 Å². The van der Waals surface area contributed by atoms with E-state index in [1.54, 1.807) is 22.9 Å². The molecule has 0 aliphatic heterocycles. The van der Waals surface area contributed by atoms with Crippen LogP contribution in [0.5, 0.6) is 0 Å². The summed E-state index contributed by atoms with van der Waals surface area (Å²) in [5.41, 5.74) is 2.83. The molecule has 1 aliphatic rings. The largest absolute Gasteiger partial charge is 0.480 e. The number of carboxylic acids is 1. The molecule has 0 unspecified atom stereocenters. The van der Waals surface area contributed by atoms with E-state index in [0.29, 0.717) is 36.2 Å². The van der Waals surface area contributed by atoms with Crippen molar-refractivity contribution < 1.29 is 19.0 Å². The molecule has 0 spiro atoms. The Balaban J connectivity index is 1.53. The second kappa shape index (κ2) is 10.5. The molecule has 0 saturated heterocycles. The maximum atomic E-state index is 13.4. The molecule has 1 heterocycles. The predicted molar refractivity (Wildman–Crippen MR) is 123 cm³/mol. The van der Waals surface area contributed by atoms with Gasteiger partial charge in [0.05, 0.1) is 12.3 Å². The average molecular weight is 451 g/mol. The summed E-state index contributed by atoms with van der Waals surface area (Å²) in [6, 6.07) is 17.4. The normalized spacial score (nSPS) is 18.2. The number of hydrogen-bond donors (Lipinski definition) is 1. The van der Waals surface area contributed by atoms with E-state index in [2.05, 4.69) is 0 Å². The first kappa shape index (κ1) is 22.9. The highest BCUT2D eigenvalue weighted by Gasteiger charge is 2.23. The van der Waals surface area contributed by atoms with Crippen LogP contribution in [0.2, 0.25) is 0 Å². The van der Waals surface area contributed by atoms with Gasteiger partial charge in [0.15, 0.2) is 0 Å². The molecule has 0 radical (unpaired) electrons. The molecule has 33 heavy (non-hydrogen) atoms. The quantitative estimate of drug-likeness (QED) is 0.541. The zero-order chi connectivity index (χ0) is 23.2. The lowest BCUT2D eigenvalue weighted by Gasteiger charge is -2.28. The highest BCUT2D eigenvalue weighted by atomic mass is 19.1. The van der Waals surface area contributed by atoms with Crippen molar-refractivity contribution in [3.63, 3.8) is 0 Å². The van der Waals surface area contributed by atoms with Gasteiger partial charge in [-0.3, -0.25) is 4.79 Å². The van der Waals surface area contributed by atoms with E-state index in [1.165, 1.54) is 12.1 Å². The highest BCUT2D eigenvalue weighted by Crippen LogP contribution is 2.32. The third-order valence-corrected chi connectivity index (χ3v) is 6.18. The van der Waals surface area contributed by atoms with Crippen LogP contribution in [0.4, 0.5) is 4.39 Å². The number of halogens is 1. The molecule has 4 rings (SSSR count). The second-order valence-electron chi connectivity index (χ2n) is 8.60. The summed E-state index contributed by atoms with van der Waals surface area (Å²) in [5.74, 6) is -0.602. The number of aliphatic carboxylic acids is 1. The van der Waals surface area contributed by atoms with Crippen LogP contribution in [0.3, 0.4) is 0 Å². The molecule has 6 nitrogen and oxygen atoms in total. The third kappa shape index (κ3) is 5.93. The van der Waals surface area contributed by atoms with E-state index in [0.717, 1.165) is 36.8 Å². The zero-order valence-electron chi connectivity index (χ0n) is 18.3. The number of rotatable bonds is 8. The van der Waals surface area contributed by atoms with Crippen molar-refractivity contribution in [3.8, 4) is 22.4 Å². The van der Waals surface area contributed by atoms with Gasteiger partial charge < -0.3 is 9.84 Å². The zero-order valence-corrected chi connectivity index (χ0v) is 18.3. The Labute approximate surface area is 191 Å². The number of benzene rings is 2. The lowest BCUT2D eigenvalue weighted by atomic mass is 9.82. The van der Waals surface area contributed by atoms with Gasteiger partial charge in [0.1, 0.15) is 12.4 Å². The summed E-state index contributed by atoms with van der Waals surface area (Å²) in [6.45, 7) is 0.731. The molecule has 0 amide bonds. The number of hydrogen-bond acceptors (Lipinski definition) is 4. The van der Waals surface area contributed by atoms with Crippen LogP contribution >= 0.6 is 0 Å². The Morgan fingerprint density at radius 2 is 1.67 bits per heavy atom. The van der Waals surface area contributed by atoms with Crippen molar-refractivity contribution >= 4 is 5.97 Å². The lowest BCUT2D eigenvalue weighted by Crippen LogP contribution is -2.29. The molecular formula is C26H27FN2O4. The first-order chi connectivity index (χ1) is 16.0. The fourth-order valence-electron chi connectivity index (χ4n) is 4.42. The SMILES string of the molecule is O=C(O)COC[C@H]1CC[C@@H](Cn2nc(-c3ccccc3)c(-c3ccc(F)cc3)cc2=O)CC1. The Kier molecular flexibility index (Phi) is 7.29. The lowest BCUT2D eigenvalue weighted by molar-refractivity contribution is -0.142. The molecular weight excluding hydrogens is 423 g/mol. The molecule has 172 valence electrons. The molecule has 0 atom stereocenters. The molecule has 2 aromatic carbocycles. The van der Waals surface area contributed by atoms with Crippen LogP contribution in [-0.2, 0) is 16.1 Å². The summed E-state index contributed by atoms with van der Waals surface area (Å²) in [7, 11) is 0. The smallest absolute Gasteiger partial charge is 0.329 e. The van der Waals surface area contributed by atoms with E-state index < -0.39 is 5.97 Å². The topological polar surface area (TPSA) is 81.4 Å². The van der Waals surface area contributed by atoms with Gasteiger partial charge in [-0.15, -0.1) is 0 Å². The standard InChI is InChI=1S/C26H27FN2O4/c27-22-12-10-20(11-13-22)23-14-24(30)29(28-26(23)21-4-2-1-3-5-21)15-18-6-8-19(9-7-18)16-33-17-25(31)32/h1-5,10-14,18-19H,6-9,15-17H2,(H,31,32)/t18-,19+. The van der Waals surface area contributed by atoms with Crippen molar-refractivity contribution in [2.45, 2.75) is 32.2 Å². The number of carbonyl (C=O) groups is 1. The predicted octanol–water partition coefficient (Wildman–Crippen LogP) is 4.62. The molecule has 1 saturated carbocycles. The Hall–Kier alpha value is -3.32. The van der Waals surface area contributed by atoms with E-state index in [1.807, 2.05) is 30.3 Å². The Bertz CT molecular complexity index is 1140. The van der Waals surface area contributed by atoms with Gasteiger partial charge in [-0.25, -0.2) is 13.9 Å². The van der Waals surface area contributed by atoms with Gasteiger partial charge in [-0.1, -0.05) is 42.5 Å². The van der Waals surface area contributed by atoms with Crippen molar-refractivity contribution in [3.05, 3.63) is 76.8 Å². The number of ether oxygens (including phenoxy) is 1. The summed E-state index contributed by atoms with van der Waals surface area (Å²) >= 11 is 0. The van der Waals surface area contributed by atoms with Crippen LogP contribution in [0.1, 0.15) is 25.7 Å². The van der Waals surface area contributed by atoms with Crippen molar-refractivity contribution in [1.82, 2.24) is 9.78 Å². The van der Waals surface area contributed by atoms with Gasteiger partial charge in [0.25, 0.3) is 5.56 Å². The molecule has 1 N–H and O–H groups in total. The number of nitrogens with zero attached hydrogens (tertiary/aromatic N) is 2. The van der Waals surface area contributed by atoms with Crippen molar-refractivity contribution in [2.24, 2.45) is 11.8 Å². The fourth-order valence-corrected chi connectivity index (χ4v) is 4.42. The van der Waals surface area contributed by atoms with Crippen molar-refractivity contribution in [2.75, 3.05) is 13.2 Å². The average Bonchev–Trinajstić information content (AvgIpc) is 2.82. The van der Waals surface area contributed by atoms with E-state index in [9.17, 15) is 14.0 Å². The Morgan fingerprint density at radius 1 is 1.00 bits per heavy atom. The maximum Gasteiger partial charge on any atom is 0.329 e. The van der Waals surface area contributed by atoms with Crippen LogP contribution in [-0.4, -0.2) is 34.1 Å². The summed E-state index contributed by atoms with van der Waals surface area (Å²) < 4.78 is 20.2. The van der Waals surface area contributed by atoms with E-state index in [4.69, 9.17) is 14.9 Å². The number of carboxylic acid groups (broad SMARTS) is 1. The first-order valence-electron chi connectivity index (χ1n) is 11.2. The Morgan fingerprint density at radius 3 is 2.33 bits per heavy atom. The monoisotopic (exact) mass is 450 g/mol. The molecule has 3 aromatic rings. The summed E-state index contributed by atoms with van der Waals surface area (Å²) in [5, 5.41) is 13.4. The minimum atomic E-state index is -0.951. The minimum absolute atomic E-state index is 0.180. The molecule has 1 aromatic heterocycles. The van der Waals surface area contributed by atoms with Crippen molar-refractivity contribution in [1.29, 1.82) is 0 Å². The van der Waals surface area contributed by atoms with Crippen LogP contribution in [0.15, 0.2) is 65.5 Å². The molecule has 1 fully saturated rings. The van der Waals surface area contributed by atoms with Gasteiger partial charge in [-0.05, 0) is 55.2 Å². The second-order valence-corrected chi connectivity index (χ2v) is 8.60. The molecule has 1 aliphatic carbocycles. The van der Waals surface area contributed by atoms with Gasteiger partial charge in [-0.2, -0.15) is 5.10 Å². The summed E-state index contributed by atoms with van der Waals surface area (Å²) in [4.78, 5) is 23.6. The molecule has 7 heteroatoms. The first-order valence-corrected chi connectivity index (χ1v) is 11.2. The molecule has 0 bridgehead atoms. The van der Waals surface area contributed by atoms with E-state index >= 15 is 0 Å². The van der Waals surface area contributed by atoms with Gasteiger partial charge in [0, 0.05) is 23.7 Å². The van der Waals surface area contributed by atoms with Gasteiger partial charge >= 0.3 is 5.97 Å². The minimum Gasteiger partial charge on any atom is -0.480 e.